The number of furan rings is 1. The Morgan fingerprint density at radius 2 is 1.33 bits per heavy atom. The third-order valence-corrected chi connectivity index (χ3v) is 13.3. The van der Waals surface area contributed by atoms with Gasteiger partial charge in [-0.1, -0.05) is 128 Å². The lowest BCUT2D eigenvalue weighted by Crippen LogP contribution is -2.46. The van der Waals surface area contributed by atoms with Gasteiger partial charge in [0.15, 0.2) is 5.75 Å². The van der Waals surface area contributed by atoms with Crippen LogP contribution in [0.4, 0.5) is 10.5 Å². The van der Waals surface area contributed by atoms with Gasteiger partial charge in [-0.3, -0.25) is 5.32 Å². The molecule has 0 saturated carbocycles. The van der Waals surface area contributed by atoms with Gasteiger partial charge in [0.25, 0.3) is 0 Å². The molecule has 36 heavy (non-hydrogen) atoms. The highest BCUT2D eigenvalue weighted by Crippen LogP contribution is 2.32. The van der Waals surface area contributed by atoms with Crippen molar-refractivity contribution in [2.45, 2.75) is 130 Å². The van der Waals surface area contributed by atoms with Crippen LogP contribution in [-0.4, -0.2) is 14.2 Å². The molecular formula is C31H51NO3Si. The third kappa shape index (κ3) is 9.13. The molecule has 0 saturated heterocycles. The van der Waals surface area contributed by atoms with Crippen LogP contribution in [0.5, 0.6) is 5.75 Å². The Kier molecular flexibility index (Phi) is 14.0. The summed E-state index contributed by atoms with van der Waals surface area (Å²) in [5, 5.41) is 4.02. The number of ether oxygens (including phenoxy) is 1. The molecule has 1 aromatic heterocycles. The van der Waals surface area contributed by atoms with E-state index in [-0.39, 0.29) is 0 Å². The number of hydrogen-bond acceptors (Lipinski definition) is 3. The molecule has 1 amide bonds. The second kappa shape index (κ2) is 16.7. The monoisotopic (exact) mass is 513 g/mol. The Morgan fingerprint density at radius 1 is 0.806 bits per heavy atom. The van der Waals surface area contributed by atoms with E-state index in [9.17, 15) is 4.79 Å². The second-order valence-corrected chi connectivity index (χ2v) is 15.4. The third-order valence-electron chi connectivity index (χ3n) is 7.88. The summed E-state index contributed by atoms with van der Waals surface area (Å²) in [7, 11) is -1.75. The van der Waals surface area contributed by atoms with Crippen molar-refractivity contribution in [3.8, 4) is 5.75 Å². The zero-order valence-corrected chi connectivity index (χ0v) is 24.7. The van der Waals surface area contributed by atoms with Gasteiger partial charge in [-0.2, -0.15) is 0 Å². The molecule has 0 fully saturated rings. The van der Waals surface area contributed by atoms with E-state index >= 15 is 0 Å². The number of aryl methyl sites for hydroxylation is 1. The Bertz CT molecular complexity index is 865. The fourth-order valence-electron chi connectivity index (χ4n) is 5.32. The summed E-state index contributed by atoms with van der Waals surface area (Å²) < 4.78 is 12.4. The predicted octanol–water partition coefficient (Wildman–Crippen LogP) is 9.77. The first-order valence-corrected chi connectivity index (χ1v) is 17.3. The van der Waals surface area contributed by atoms with Gasteiger partial charge < -0.3 is 9.15 Å². The lowest BCUT2D eigenvalue weighted by atomic mass is 10.0. The number of unbranched alkanes of at least 4 members (excludes halogenated alkanes) is 10. The molecule has 2 aromatic rings. The fourth-order valence-corrected chi connectivity index (χ4v) is 9.03. The van der Waals surface area contributed by atoms with Crippen LogP contribution in [-0.2, 0) is 6.42 Å². The SMILES string of the molecule is CCCCCCCCCCCCCc1c([Si](CC)(CC)CC)oc(C)c1OC(=O)Nc1ccccc1. The van der Waals surface area contributed by atoms with Crippen LogP contribution < -0.4 is 15.4 Å². The van der Waals surface area contributed by atoms with E-state index in [0.29, 0.717) is 5.75 Å². The van der Waals surface area contributed by atoms with Gasteiger partial charge in [0.1, 0.15) is 13.8 Å². The fraction of sp³-hybridized carbons (Fsp3) is 0.645. The molecule has 2 rings (SSSR count). The average Bonchev–Trinajstić information content (AvgIpc) is 3.19. The van der Waals surface area contributed by atoms with Crippen LogP contribution in [0.3, 0.4) is 0 Å². The van der Waals surface area contributed by atoms with E-state index in [2.05, 4.69) is 33.0 Å². The maximum absolute atomic E-state index is 12.7. The van der Waals surface area contributed by atoms with Gasteiger partial charge in [0.2, 0.25) is 0 Å². The zero-order valence-electron chi connectivity index (χ0n) is 23.7. The number of amides is 1. The van der Waals surface area contributed by atoms with E-state index < -0.39 is 14.2 Å². The lowest BCUT2D eigenvalue weighted by Gasteiger charge is -2.26. The van der Waals surface area contributed by atoms with Crippen molar-refractivity contribution >= 4 is 25.2 Å². The quantitative estimate of drug-likeness (QED) is 0.159. The molecule has 1 heterocycles. The minimum absolute atomic E-state index is 0.450. The molecular weight excluding hydrogens is 462 g/mol. The molecule has 202 valence electrons. The Morgan fingerprint density at radius 3 is 1.86 bits per heavy atom. The number of rotatable bonds is 18. The summed E-state index contributed by atoms with van der Waals surface area (Å²) in [6.07, 6.45) is 15.0. The predicted molar refractivity (Wildman–Crippen MR) is 157 cm³/mol. The van der Waals surface area contributed by atoms with E-state index in [1.54, 1.807) is 0 Å². The van der Waals surface area contributed by atoms with Crippen LogP contribution in [0.2, 0.25) is 18.1 Å². The molecule has 0 bridgehead atoms. The van der Waals surface area contributed by atoms with Crippen molar-refractivity contribution < 1.29 is 13.9 Å². The highest BCUT2D eigenvalue weighted by atomic mass is 28.3. The van der Waals surface area contributed by atoms with Crippen molar-refractivity contribution in [3.05, 3.63) is 41.7 Å². The molecule has 0 atom stereocenters. The smallest absolute Gasteiger partial charge is 0.417 e. The van der Waals surface area contributed by atoms with E-state index in [1.807, 2.05) is 37.3 Å². The topological polar surface area (TPSA) is 51.5 Å². The van der Waals surface area contributed by atoms with Gasteiger partial charge in [0.05, 0.1) is 5.38 Å². The van der Waals surface area contributed by atoms with Crippen molar-refractivity contribution in [2.75, 3.05) is 5.32 Å². The maximum Gasteiger partial charge on any atom is 0.417 e. The normalized spacial score (nSPS) is 11.6. The molecule has 5 heteroatoms. The largest absolute Gasteiger partial charge is 0.467 e. The summed E-state index contributed by atoms with van der Waals surface area (Å²) in [5.41, 5.74) is 1.89. The molecule has 4 nitrogen and oxygen atoms in total. The van der Waals surface area contributed by atoms with Gasteiger partial charge in [-0.15, -0.1) is 0 Å². The summed E-state index contributed by atoms with van der Waals surface area (Å²) in [5.74, 6) is 1.39. The van der Waals surface area contributed by atoms with Crippen LogP contribution in [0, 0.1) is 6.92 Å². The average molecular weight is 514 g/mol. The van der Waals surface area contributed by atoms with Crippen LogP contribution in [0.1, 0.15) is 110 Å². The molecule has 0 spiro atoms. The summed E-state index contributed by atoms with van der Waals surface area (Å²) >= 11 is 0. The molecule has 0 aliphatic carbocycles. The van der Waals surface area contributed by atoms with Crippen LogP contribution in [0.15, 0.2) is 34.7 Å². The van der Waals surface area contributed by atoms with E-state index in [0.717, 1.165) is 48.0 Å². The Labute approximate surface area is 221 Å². The molecule has 1 aromatic carbocycles. The number of carbonyl (C=O) groups is 1. The van der Waals surface area contributed by atoms with Gasteiger partial charge in [-0.25, -0.2) is 4.79 Å². The molecule has 0 aliphatic rings. The first-order valence-electron chi connectivity index (χ1n) is 14.7. The summed E-state index contributed by atoms with van der Waals surface area (Å²) in [6.45, 7) is 11.1. The van der Waals surface area contributed by atoms with Gasteiger partial charge in [-0.05, 0) is 31.9 Å². The number of nitrogens with one attached hydrogen (secondary N) is 1. The standard InChI is InChI=1S/C31H51NO3Si/c1-6-10-11-12-13-14-15-16-17-18-22-25-28-29(35-31(33)32-27-23-20-19-21-24-27)26(5)34-30(28)36(7-2,8-3)9-4/h19-21,23-24H,6-18,22,25H2,1-5H3,(H,32,33). The Balaban J connectivity index is 2.01. The maximum atomic E-state index is 12.7. The van der Waals surface area contributed by atoms with Crippen LogP contribution in [0.25, 0.3) is 0 Å². The minimum atomic E-state index is -1.75. The lowest BCUT2D eigenvalue weighted by molar-refractivity contribution is 0.214. The molecule has 0 unspecified atom stereocenters. The van der Waals surface area contributed by atoms with Crippen molar-refractivity contribution in [3.63, 3.8) is 0 Å². The minimum Gasteiger partial charge on any atom is -0.467 e. The van der Waals surface area contributed by atoms with Gasteiger partial charge in [0, 0.05) is 11.3 Å². The number of anilines is 1. The number of carbonyl (C=O) groups excluding carboxylic acids is 1. The van der Waals surface area contributed by atoms with E-state index in [4.69, 9.17) is 9.15 Å². The second-order valence-electron chi connectivity index (χ2n) is 10.3. The number of para-hydroxylation sites is 1. The van der Waals surface area contributed by atoms with Crippen molar-refractivity contribution in [1.29, 1.82) is 0 Å². The zero-order chi connectivity index (χ0) is 26.2. The highest BCUT2D eigenvalue weighted by molar-refractivity contribution is 6.91. The van der Waals surface area contributed by atoms with E-state index in [1.165, 1.54) is 69.6 Å². The first-order chi connectivity index (χ1) is 17.5. The Hall–Kier alpha value is -2.01. The summed E-state index contributed by atoms with van der Waals surface area (Å²) in [6, 6.07) is 12.9. The first kappa shape index (κ1) is 30.2. The van der Waals surface area contributed by atoms with Crippen molar-refractivity contribution in [2.24, 2.45) is 0 Å². The molecule has 0 aliphatic heterocycles. The highest BCUT2D eigenvalue weighted by Gasteiger charge is 2.38. The van der Waals surface area contributed by atoms with Crippen LogP contribution >= 0.6 is 0 Å². The molecule has 0 radical (unpaired) electrons. The summed E-state index contributed by atoms with van der Waals surface area (Å²) in [4.78, 5) is 12.7. The van der Waals surface area contributed by atoms with Crippen molar-refractivity contribution in [1.82, 2.24) is 0 Å². The molecule has 1 N–H and O–H groups in total. The number of hydrogen-bond donors (Lipinski definition) is 1. The number of benzene rings is 1. The van der Waals surface area contributed by atoms with Gasteiger partial charge >= 0.3 is 6.09 Å².